The van der Waals surface area contributed by atoms with Gasteiger partial charge in [-0.3, -0.25) is 0 Å². The van der Waals surface area contributed by atoms with Crippen molar-refractivity contribution in [3.8, 4) is 0 Å². The molecular formula is C16H30O. The number of hydrogen-bond acceptors (Lipinski definition) is 1. The molecule has 0 aromatic heterocycles. The van der Waals surface area contributed by atoms with Crippen LogP contribution in [0.3, 0.4) is 0 Å². The quantitative estimate of drug-likeness (QED) is 0.571. The van der Waals surface area contributed by atoms with Crippen molar-refractivity contribution in [1.29, 1.82) is 0 Å². The average Bonchev–Trinajstić information content (AvgIpc) is 3.07. The van der Waals surface area contributed by atoms with Gasteiger partial charge in [0.2, 0.25) is 0 Å². The molecule has 0 spiro atoms. The first-order chi connectivity index (χ1) is 8.47. The van der Waals surface area contributed by atoms with Gasteiger partial charge in [0, 0.05) is 6.61 Å². The van der Waals surface area contributed by atoms with E-state index < -0.39 is 0 Å². The van der Waals surface area contributed by atoms with E-state index >= 15 is 0 Å². The van der Waals surface area contributed by atoms with Crippen LogP contribution >= 0.6 is 0 Å². The number of rotatable bonds is 0. The number of ether oxygens (including phenoxy) is 1. The molecule has 1 aliphatic carbocycles. The summed E-state index contributed by atoms with van der Waals surface area (Å²) in [5.41, 5.74) is 0. The molecule has 0 N–H and O–H groups in total. The predicted molar refractivity (Wildman–Crippen MR) is 73.3 cm³/mol. The third kappa shape index (κ3) is 5.90. The first-order valence-corrected chi connectivity index (χ1v) is 8.08. The highest BCUT2D eigenvalue weighted by Gasteiger charge is 2.36. The van der Waals surface area contributed by atoms with E-state index in [-0.39, 0.29) is 0 Å². The maximum atomic E-state index is 5.92. The zero-order valence-corrected chi connectivity index (χ0v) is 11.5. The zero-order chi connectivity index (χ0) is 11.8. The first-order valence-electron chi connectivity index (χ1n) is 8.08. The maximum absolute atomic E-state index is 5.92. The van der Waals surface area contributed by atoms with Crippen molar-refractivity contribution in [2.75, 3.05) is 6.61 Å². The summed E-state index contributed by atoms with van der Waals surface area (Å²) in [6.07, 6.45) is 19.3. The molecule has 17 heavy (non-hydrogen) atoms. The van der Waals surface area contributed by atoms with Gasteiger partial charge in [-0.2, -0.15) is 0 Å². The Bertz CT molecular complexity index is 170. The number of fused-ring (bicyclic) bond motifs is 1. The van der Waals surface area contributed by atoms with Crippen LogP contribution in [0.15, 0.2) is 0 Å². The van der Waals surface area contributed by atoms with Crippen molar-refractivity contribution >= 4 is 0 Å². The predicted octanol–water partition coefficient (Wildman–Crippen LogP) is 5.09. The maximum Gasteiger partial charge on any atom is 0.0607 e. The second kappa shape index (κ2) is 8.13. The SMILES string of the molecule is C1CCCCCCOC2CC2CCCCCC1. The number of hydrogen-bond donors (Lipinski definition) is 0. The van der Waals surface area contributed by atoms with Gasteiger partial charge in [0.05, 0.1) is 6.10 Å². The van der Waals surface area contributed by atoms with E-state index in [4.69, 9.17) is 4.74 Å². The van der Waals surface area contributed by atoms with Crippen LogP contribution in [0.4, 0.5) is 0 Å². The summed E-state index contributed by atoms with van der Waals surface area (Å²) in [4.78, 5) is 0. The Balaban J connectivity index is 1.58. The molecule has 2 rings (SSSR count). The summed E-state index contributed by atoms with van der Waals surface area (Å²) >= 11 is 0. The third-order valence-electron chi connectivity index (χ3n) is 4.41. The van der Waals surface area contributed by atoms with Gasteiger partial charge in [0.25, 0.3) is 0 Å². The highest BCUT2D eigenvalue weighted by Crippen LogP contribution is 2.38. The molecule has 0 amide bonds. The molecule has 2 fully saturated rings. The van der Waals surface area contributed by atoms with Crippen LogP contribution < -0.4 is 0 Å². The fourth-order valence-electron chi connectivity index (χ4n) is 3.06. The molecule has 2 unspecified atom stereocenters. The van der Waals surface area contributed by atoms with E-state index in [1.165, 1.54) is 83.5 Å². The summed E-state index contributed by atoms with van der Waals surface area (Å²) in [6.45, 7) is 1.03. The Kier molecular flexibility index (Phi) is 6.41. The zero-order valence-electron chi connectivity index (χ0n) is 11.5. The van der Waals surface area contributed by atoms with Crippen LogP contribution in [-0.2, 0) is 4.74 Å². The van der Waals surface area contributed by atoms with Gasteiger partial charge in [-0.25, -0.2) is 0 Å². The van der Waals surface area contributed by atoms with Crippen LogP contribution in [-0.4, -0.2) is 12.7 Å². The standard InChI is InChI=1S/C16H30O/c1-2-4-6-8-10-12-15-14-16(15)17-13-11-9-7-5-3-1/h15-16H,1-14H2. The van der Waals surface area contributed by atoms with Crippen molar-refractivity contribution < 1.29 is 4.74 Å². The summed E-state index contributed by atoms with van der Waals surface area (Å²) in [5.74, 6) is 0.933. The molecule has 1 heterocycles. The topological polar surface area (TPSA) is 9.23 Å². The molecule has 0 aromatic carbocycles. The van der Waals surface area contributed by atoms with E-state index in [0.717, 1.165) is 12.5 Å². The van der Waals surface area contributed by atoms with Gasteiger partial charge in [-0.1, -0.05) is 64.2 Å². The van der Waals surface area contributed by atoms with Gasteiger partial charge in [-0.15, -0.1) is 0 Å². The lowest BCUT2D eigenvalue weighted by Crippen LogP contribution is -2.00. The molecule has 1 nitrogen and oxygen atoms in total. The Labute approximate surface area is 107 Å². The van der Waals surface area contributed by atoms with Crippen molar-refractivity contribution in [2.24, 2.45) is 5.92 Å². The van der Waals surface area contributed by atoms with Crippen molar-refractivity contribution in [2.45, 2.75) is 89.6 Å². The summed E-state index contributed by atoms with van der Waals surface area (Å²) in [6, 6.07) is 0. The molecule has 1 aliphatic heterocycles. The van der Waals surface area contributed by atoms with Gasteiger partial charge >= 0.3 is 0 Å². The van der Waals surface area contributed by atoms with Crippen LogP contribution in [0.1, 0.15) is 83.5 Å². The second-order valence-corrected chi connectivity index (χ2v) is 6.08. The molecule has 0 aromatic rings. The molecule has 0 radical (unpaired) electrons. The average molecular weight is 238 g/mol. The summed E-state index contributed by atoms with van der Waals surface area (Å²) < 4.78 is 5.92. The van der Waals surface area contributed by atoms with E-state index in [1.807, 2.05) is 0 Å². The molecule has 2 aliphatic rings. The minimum atomic E-state index is 0.655. The lowest BCUT2D eigenvalue weighted by atomic mass is 10.0. The van der Waals surface area contributed by atoms with E-state index in [2.05, 4.69) is 0 Å². The normalized spacial score (nSPS) is 33.9. The van der Waals surface area contributed by atoms with Crippen molar-refractivity contribution in [1.82, 2.24) is 0 Å². The fourth-order valence-corrected chi connectivity index (χ4v) is 3.06. The molecule has 1 saturated carbocycles. The van der Waals surface area contributed by atoms with E-state index in [0.29, 0.717) is 6.10 Å². The first kappa shape index (κ1) is 13.4. The lowest BCUT2D eigenvalue weighted by Gasteiger charge is -2.06. The van der Waals surface area contributed by atoms with Gasteiger partial charge in [-0.05, 0) is 25.2 Å². The van der Waals surface area contributed by atoms with E-state index in [9.17, 15) is 0 Å². The minimum absolute atomic E-state index is 0.655. The molecule has 100 valence electrons. The highest BCUT2D eigenvalue weighted by molar-refractivity contribution is 4.87. The van der Waals surface area contributed by atoms with Crippen LogP contribution in [0.25, 0.3) is 0 Å². The largest absolute Gasteiger partial charge is 0.378 e. The second-order valence-electron chi connectivity index (χ2n) is 6.08. The van der Waals surface area contributed by atoms with Crippen LogP contribution in [0.2, 0.25) is 0 Å². The van der Waals surface area contributed by atoms with Gasteiger partial charge in [0.15, 0.2) is 0 Å². The molecule has 2 atom stereocenters. The summed E-state index contributed by atoms with van der Waals surface area (Å²) in [7, 11) is 0. The molecule has 1 heteroatoms. The Morgan fingerprint density at radius 3 is 1.76 bits per heavy atom. The Morgan fingerprint density at radius 2 is 1.12 bits per heavy atom. The third-order valence-corrected chi connectivity index (χ3v) is 4.41. The summed E-state index contributed by atoms with van der Waals surface area (Å²) in [5, 5.41) is 0. The minimum Gasteiger partial charge on any atom is -0.378 e. The van der Waals surface area contributed by atoms with Crippen LogP contribution in [0.5, 0.6) is 0 Å². The van der Waals surface area contributed by atoms with Gasteiger partial charge in [0.1, 0.15) is 0 Å². The molecular weight excluding hydrogens is 208 g/mol. The van der Waals surface area contributed by atoms with Crippen LogP contribution in [0, 0.1) is 5.92 Å². The van der Waals surface area contributed by atoms with E-state index in [1.54, 1.807) is 0 Å². The van der Waals surface area contributed by atoms with Crippen molar-refractivity contribution in [3.05, 3.63) is 0 Å². The Hall–Kier alpha value is -0.0400. The molecule has 1 saturated heterocycles. The monoisotopic (exact) mass is 238 g/mol. The van der Waals surface area contributed by atoms with Gasteiger partial charge < -0.3 is 4.74 Å². The lowest BCUT2D eigenvalue weighted by molar-refractivity contribution is 0.103. The smallest absolute Gasteiger partial charge is 0.0607 e. The fraction of sp³-hybridized carbons (Fsp3) is 1.00. The van der Waals surface area contributed by atoms with Crippen molar-refractivity contribution in [3.63, 3.8) is 0 Å². The Morgan fingerprint density at radius 1 is 0.588 bits per heavy atom. The highest BCUT2D eigenvalue weighted by atomic mass is 16.5. The molecule has 0 bridgehead atoms.